The molecule has 0 aliphatic heterocycles. The first kappa shape index (κ1) is 34.5. The highest BCUT2D eigenvalue weighted by Gasteiger charge is 2.20. The highest BCUT2D eigenvalue weighted by atomic mass is 16.5. The molecule has 0 spiro atoms. The lowest BCUT2D eigenvalue weighted by Crippen LogP contribution is -2.12. The Labute approximate surface area is 236 Å². The molecule has 0 bridgehead atoms. The molecule has 0 aliphatic carbocycles. The summed E-state index contributed by atoms with van der Waals surface area (Å²) in [4.78, 5) is 12.0. The van der Waals surface area contributed by atoms with E-state index in [4.69, 9.17) is 4.74 Å². The van der Waals surface area contributed by atoms with Crippen LogP contribution >= 0.6 is 0 Å². The second kappa shape index (κ2) is 21.3. The molecule has 0 saturated heterocycles. The normalized spacial score (nSPS) is 11.7. The number of phenolic OH excluding ortho intramolecular Hbond substituents is 1. The average molecular weight is 531 g/mol. The van der Waals surface area contributed by atoms with E-state index in [2.05, 4.69) is 39.8 Å². The minimum atomic E-state index is -0.0544. The molecule has 0 atom stereocenters. The summed E-state index contributed by atoms with van der Waals surface area (Å²) in [5.41, 5.74) is 3.25. The largest absolute Gasteiger partial charge is 0.507 e. The van der Waals surface area contributed by atoms with Crippen molar-refractivity contribution in [1.82, 2.24) is 0 Å². The molecule has 0 radical (unpaired) electrons. The number of aryl methyl sites for hydroxylation is 2. The number of phenols is 1. The number of esters is 1. The fourth-order valence-electron chi connectivity index (χ4n) is 5.25. The third-order valence-corrected chi connectivity index (χ3v) is 7.78. The Morgan fingerprint density at radius 1 is 0.711 bits per heavy atom. The van der Waals surface area contributed by atoms with Crippen LogP contribution in [0.15, 0.2) is 12.1 Å². The SMILES string of the molecule is CCCCCCCCCCCCCCCCCC(=O)OCCCCCCc1cc(C)c(O)c(C(C)(C)C)c1. The van der Waals surface area contributed by atoms with Crippen LogP contribution in [-0.4, -0.2) is 17.7 Å². The number of unbranched alkanes of at least 4 members (excludes halogenated alkanes) is 17. The van der Waals surface area contributed by atoms with Gasteiger partial charge in [0.1, 0.15) is 5.75 Å². The standard InChI is InChI=1S/C35H62O3/c1-6-7-8-9-10-11-12-13-14-15-16-17-18-19-23-26-33(36)38-27-24-21-20-22-25-31-28-30(2)34(37)32(29-31)35(3,4)5/h28-29,37H,6-27H2,1-5H3. The van der Waals surface area contributed by atoms with Crippen molar-refractivity contribution in [1.29, 1.82) is 0 Å². The molecule has 220 valence electrons. The number of carbonyl (C=O) groups is 1. The summed E-state index contributed by atoms with van der Waals surface area (Å²) in [5.74, 6) is 0.418. The van der Waals surface area contributed by atoms with Crippen molar-refractivity contribution in [3.05, 3.63) is 28.8 Å². The van der Waals surface area contributed by atoms with Gasteiger partial charge in [-0.2, -0.15) is 0 Å². The Kier molecular flexibility index (Phi) is 19.4. The zero-order chi connectivity index (χ0) is 28.1. The Hall–Kier alpha value is -1.51. The molecule has 38 heavy (non-hydrogen) atoms. The van der Waals surface area contributed by atoms with Crippen LogP contribution in [0.4, 0.5) is 0 Å². The van der Waals surface area contributed by atoms with E-state index in [1.165, 1.54) is 89.0 Å². The number of rotatable bonds is 23. The summed E-state index contributed by atoms with van der Waals surface area (Å²) in [6, 6.07) is 4.28. The zero-order valence-corrected chi connectivity index (χ0v) is 26.0. The first-order valence-electron chi connectivity index (χ1n) is 16.2. The van der Waals surface area contributed by atoms with E-state index in [1.807, 2.05) is 6.92 Å². The molecule has 3 nitrogen and oxygen atoms in total. The van der Waals surface area contributed by atoms with Gasteiger partial charge in [0.2, 0.25) is 0 Å². The fourth-order valence-corrected chi connectivity index (χ4v) is 5.25. The molecule has 1 aromatic rings. The molecule has 0 fully saturated rings. The molecular weight excluding hydrogens is 468 g/mol. The second-order valence-electron chi connectivity index (χ2n) is 12.6. The maximum atomic E-state index is 12.0. The Morgan fingerprint density at radius 3 is 1.71 bits per heavy atom. The van der Waals surface area contributed by atoms with Crippen molar-refractivity contribution in [2.75, 3.05) is 6.61 Å². The summed E-state index contributed by atoms with van der Waals surface area (Å²) in [7, 11) is 0. The number of ether oxygens (including phenoxy) is 1. The summed E-state index contributed by atoms with van der Waals surface area (Å²) >= 11 is 0. The lowest BCUT2D eigenvalue weighted by Gasteiger charge is -2.22. The van der Waals surface area contributed by atoms with Crippen molar-refractivity contribution < 1.29 is 14.6 Å². The zero-order valence-electron chi connectivity index (χ0n) is 26.0. The predicted molar refractivity (Wildman–Crippen MR) is 164 cm³/mol. The summed E-state index contributed by atoms with van der Waals surface area (Å²) in [6.07, 6.45) is 26.0. The number of aromatic hydroxyl groups is 1. The molecule has 0 saturated carbocycles. The van der Waals surface area contributed by atoms with Gasteiger partial charge in [0, 0.05) is 6.42 Å². The molecule has 0 heterocycles. The van der Waals surface area contributed by atoms with Gasteiger partial charge in [0.15, 0.2) is 0 Å². The average Bonchev–Trinajstić information content (AvgIpc) is 2.87. The van der Waals surface area contributed by atoms with Crippen molar-refractivity contribution in [3.8, 4) is 5.75 Å². The van der Waals surface area contributed by atoms with Crippen LogP contribution in [-0.2, 0) is 21.4 Å². The van der Waals surface area contributed by atoms with Crippen LogP contribution in [0.5, 0.6) is 5.75 Å². The summed E-state index contributed by atoms with van der Waals surface area (Å²) < 4.78 is 5.44. The Morgan fingerprint density at radius 2 is 1.18 bits per heavy atom. The number of hydrogen-bond donors (Lipinski definition) is 1. The number of carbonyl (C=O) groups excluding carboxylic acids is 1. The monoisotopic (exact) mass is 530 g/mol. The molecule has 1 rings (SSSR count). The van der Waals surface area contributed by atoms with E-state index < -0.39 is 0 Å². The molecule has 0 unspecified atom stereocenters. The van der Waals surface area contributed by atoms with Gasteiger partial charge in [-0.15, -0.1) is 0 Å². The third kappa shape index (κ3) is 17.2. The van der Waals surface area contributed by atoms with Gasteiger partial charge in [-0.05, 0) is 54.7 Å². The molecule has 1 aromatic carbocycles. The molecule has 0 aliphatic rings. The smallest absolute Gasteiger partial charge is 0.305 e. The molecule has 1 N–H and O–H groups in total. The molecule has 3 heteroatoms. The van der Waals surface area contributed by atoms with Gasteiger partial charge in [0.05, 0.1) is 6.61 Å². The van der Waals surface area contributed by atoms with Crippen LogP contribution in [0, 0.1) is 6.92 Å². The van der Waals surface area contributed by atoms with E-state index in [-0.39, 0.29) is 11.4 Å². The van der Waals surface area contributed by atoms with Crippen LogP contribution in [0.25, 0.3) is 0 Å². The van der Waals surface area contributed by atoms with Gasteiger partial charge in [0.25, 0.3) is 0 Å². The lowest BCUT2D eigenvalue weighted by molar-refractivity contribution is -0.143. The van der Waals surface area contributed by atoms with Gasteiger partial charge in [-0.25, -0.2) is 0 Å². The maximum absolute atomic E-state index is 12.0. The van der Waals surface area contributed by atoms with Crippen LogP contribution < -0.4 is 0 Å². The van der Waals surface area contributed by atoms with E-state index in [9.17, 15) is 9.90 Å². The van der Waals surface area contributed by atoms with Gasteiger partial charge < -0.3 is 9.84 Å². The Balaban J connectivity index is 1.92. The van der Waals surface area contributed by atoms with Crippen LogP contribution in [0.3, 0.4) is 0 Å². The Bertz CT molecular complexity index is 731. The lowest BCUT2D eigenvalue weighted by atomic mass is 9.83. The van der Waals surface area contributed by atoms with E-state index in [0.29, 0.717) is 18.8 Å². The summed E-state index contributed by atoms with van der Waals surface area (Å²) in [5, 5.41) is 10.4. The predicted octanol–water partition coefficient (Wildman–Crippen LogP) is 10.9. The number of benzene rings is 1. The van der Waals surface area contributed by atoms with Crippen LogP contribution in [0.1, 0.15) is 173 Å². The van der Waals surface area contributed by atoms with Crippen molar-refractivity contribution in [2.24, 2.45) is 0 Å². The maximum Gasteiger partial charge on any atom is 0.305 e. The molecular formula is C35H62O3. The third-order valence-electron chi connectivity index (χ3n) is 7.78. The van der Waals surface area contributed by atoms with Crippen molar-refractivity contribution >= 4 is 5.97 Å². The topological polar surface area (TPSA) is 46.5 Å². The van der Waals surface area contributed by atoms with Crippen LogP contribution in [0.2, 0.25) is 0 Å². The minimum Gasteiger partial charge on any atom is -0.507 e. The van der Waals surface area contributed by atoms with E-state index >= 15 is 0 Å². The highest BCUT2D eigenvalue weighted by molar-refractivity contribution is 5.69. The number of hydrogen-bond acceptors (Lipinski definition) is 3. The second-order valence-corrected chi connectivity index (χ2v) is 12.6. The molecule has 0 aromatic heterocycles. The fraction of sp³-hybridized carbons (Fsp3) is 0.800. The van der Waals surface area contributed by atoms with Crippen molar-refractivity contribution in [3.63, 3.8) is 0 Å². The van der Waals surface area contributed by atoms with E-state index in [0.717, 1.165) is 56.1 Å². The highest BCUT2D eigenvalue weighted by Crippen LogP contribution is 2.34. The first-order valence-corrected chi connectivity index (χ1v) is 16.2. The quantitative estimate of drug-likeness (QED) is 0.113. The van der Waals surface area contributed by atoms with Gasteiger partial charge >= 0.3 is 5.97 Å². The first-order chi connectivity index (χ1) is 18.3. The van der Waals surface area contributed by atoms with E-state index in [1.54, 1.807) is 0 Å². The van der Waals surface area contributed by atoms with Crippen molar-refractivity contribution in [2.45, 2.75) is 175 Å². The van der Waals surface area contributed by atoms with Gasteiger partial charge in [-0.1, -0.05) is 143 Å². The van der Waals surface area contributed by atoms with Gasteiger partial charge in [-0.3, -0.25) is 4.79 Å². The summed E-state index contributed by atoms with van der Waals surface area (Å²) in [6.45, 7) is 11.3. The minimum absolute atomic E-state index is 0.0195. The molecule has 0 amide bonds.